The minimum Gasteiger partial charge on any atom is -0.361 e. The third kappa shape index (κ3) is 5.94. The molecule has 1 rings (SSSR count). The molecule has 0 aromatic heterocycles. The number of halogens is 1. The number of rotatable bonds is 8. The van der Waals surface area contributed by atoms with Gasteiger partial charge in [0.1, 0.15) is 0 Å². The molecule has 0 aliphatic carbocycles. The van der Waals surface area contributed by atoms with E-state index in [9.17, 15) is 4.79 Å². The van der Waals surface area contributed by atoms with Crippen molar-refractivity contribution in [2.75, 3.05) is 25.0 Å². The number of anilines is 1. The zero-order chi connectivity index (χ0) is 15.8. The summed E-state index contributed by atoms with van der Waals surface area (Å²) < 4.78 is 0. The lowest BCUT2D eigenvalue weighted by molar-refractivity contribution is -0.119. The van der Waals surface area contributed by atoms with E-state index in [0.29, 0.717) is 17.6 Å². The third-order valence-electron chi connectivity index (χ3n) is 3.17. The van der Waals surface area contributed by atoms with Crippen molar-refractivity contribution in [2.45, 2.75) is 39.8 Å². The Morgan fingerprint density at radius 3 is 2.62 bits per heavy atom. The van der Waals surface area contributed by atoms with Crippen molar-refractivity contribution in [1.29, 1.82) is 0 Å². The first-order valence-corrected chi connectivity index (χ1v) is 7.83. The maximum absolute atomic E-state index is 11.6. The molecule has 0 atom stereocenters. The van der Waals surface area contributed by atoms with Crippen LogP contribution in [0.15, 0.2) is 18.2 Å². The van der Waals surface area contributed by atoms with Gasteiger partial charge in [0.2, 0.25) is 5.91 Å². The molecule has 0 bridgehead atoms. The smallest absolute Gasteiger partial charge is 0.239 e. The Morgan fingerprint density at radius 1 is 1.38 bits per heavy atom. The van der Waals surface area contributed by atoms with E-state index in [2.05, 4.69) is 37.5 Å². The van der Waals surface area contributed by atoms with E-state index in [1.54, 1.807) is 7.05 Å². The molecule has 0 fully saturated rings. The van der Waals surface area contributed by atoms with E-state index < -0.39 is 0 Å². The van der Waals surface area contributed by atoms with Crippen LogP contribution in [0.25, 0.3) is 0 Å². The summed E-state index contributed by atoms with van der Waals surface area (Å²) in [6.45, 7) is 8.24. The normalized spacial score (nSPS) is 10.8. The van der Waals surface area contributed by atoms with Crippen LogP contribution in [0, 0.1) is 0 Å². The van der Waals surface area contributed by atoms with Crippen LogP contribution in [0.2, 0.25) is 5.02 Å². The Kier molecular flexibility index (Phi) is 7.54. The van der Waals surface area contributed by atoms with Crippen molar-refractivity contribution in [3.63, 3.8) is 0 Å². The second-order valence-electron chi connectivity index (χ2n) is 5.42. The number of hydrogen-bond acceptors (Lipinski definition) is 3. The monoisotopic (exact) mass is 311 g/mol. The van der Waals surface area contributed by atoms with Crippen molar-refractivity contribution in [3.05, 3.63) is 28.8 Å². The highest BCUT2D eigenvalue weighted by Crippen LogP contribution is 2.27. The first-order valence-electron chi connectivity index (χ1n) is 7.45. The van der Waals surface area contributed by atoms with E-state index in [1.807, 2.05) is 17.0 Å². The number of carbonyl (C=O) groups is 1. The quantitative estimate of drug-likeness (QED) is 0.776. The van der Waals surface area contributed by atoms with Gasteiger partial charge in [-0.15, -0.1) is 0 Å². The summed E-state index contributed by atoms with van der Waals surface area (Å²) in [5.41, 5.74) is 2.06. The van der Waals surface area contributed by atoms with Gasteiger partial charge in [-0.2, -0.15) is 0 Å². The van der Waals surface area contributed by atoms with Gasteiger partial charge in [0.05, 0.1) is 17.3 Å². The zero-order valence-corrected chi connectivity index (χ0v) is 14.1. The average molecular weight is 312 g/mol. The molecule has 4 nitrogen and oxygen atoms in total. The van der Waals surface area contributed by atoms with E-state index in [4.69, 9.17) is 11.6 Å². The summed E-state index contributed by atoms with van der Waals surface area (Å²) in [5, 5.41) is 6.71. The van der Waals surface area contributed by atoms with Crippen LogP contribution in [-0.4, -0.2) is 32.1 Å². The third-order valence-corrected chi connectivity index (χ3v) is 3.48. The molecule has 0 spiro atoms. The maximum Gasteiger partial charge on any atom is 0.239 e. The molecule has 118 valence electrons. The fourth-order valence-corrected chi connectivity index (χ4v) is 2.37. The molecule has 2 N–H and O–H groups in total. The number of nitrogens with one attached hydrogen (secondary N) is 2. The van der Waals surface area contributed by atoms with Gasteiger partial charge in [-0.3, -0.25) is 4.79 Å². The van der Waals surface area contributed by atoms with Crippen molar-refractivity contribution >= 4 is 23.2 Å². The Morgan fingerprint density at radius 2 is 2.10 bits per heavy atom. The summed E-state index contributed by atoms with van der Waals surface area (Å²) in [6.07, 6.45) is 0.962. The van der Waals surface area contributed by atoms with Gasteiger partial charge in [0, 0.05) is 26.2 Å². The van der Waals surface area contributed by atoms with Gasteiger partial charge in [-0.25, -0.2) is 0 Å². The van der Waals surface area contributed by atoms with Crippen LogP contribution in [-0.2, 0) is 11.3 Å². The average Bonchev–Trinajstić information content (AvgIpc) is 2.44. The van der Waals surface area contributed by atoms with Gasteiger partial charge in [-0.05, 0) is 24.1 Å². The summed E-state index contributed by atoms with van der Waals surface area (Å²) >= 11 is 6.40. The van der Waals surface area contributed by atoms with Crippen LogP contribution in [0.5, 0.6) is 0 Å². The molecule has 0 heterocycles. The molecule has 1 aromatic carbocycles. The van der Waals surface area contributed by atoms with Crippen LogP contribution in [0.3, 0.4) is 0 Å². The molecule has 0 saturated heterocycles. The molecule has 5 heteroatoms. The fourth-order valence-electron chi connectivity index (χ4n) is 2.05. The van der Waals surface area contributed by atoms with Gasteiger partial charge < -0.3 is 15.5 Å². The minimum absolute atomic E-state index is 0.00920. The second kappa shape index (κ2) is 8.90. The lowest BCUT2D eigenvalue weighted by atomic mass is 10.1. The lowest BCUT2D eigenvalue weighted by Gasteiger charge is -2.25. The zero-order valence-electron chi connectivity index (χ0n) is 13.4. The van der Waals surface area contributed by atoms with Crippen molar-refractivity contribution in [1.82, 2.24) is 10.6 Å². The summed E-state index contributed by atoms with van der Waals surface area (Å²) in [7, 11) is 1.65. The number of hydrogen-bond donors (Lipinski definition) is 2. The largest absolute Gasteiger partial charge is 0.361 e. The number of benzene rings is 1. The first kappa shape index (κ1) is 17.8. The Bertz CT molecular complexity index is 463. The topological polar surface area (TPSA) is 44.4 Å². The second-order valence-corrected chi connectivity index (χ2v) is 5.82. The molecule has 1 amide bonds. The van der Waals surface area contributed by atoms with Gasteiger partial charge in [0.15, 0.2) is 0 Å². The Labute approximate surface area is 132 Å². The van der Waals surface area contributed by atoms with Crippen LogP contribution in [0.4, 0.5) is 5.69 Å². The molecule has 0 unspecified atom stereocenters. The van der Waals surface area contributed by atoms with E-state index >= 15 is 0 Å². The molecule has 1 aromatic rings. The fraction of sp³-hybridized carbons (Fsp3) is 0.562. The number of nitrogens with zero attached hydrogens (tertiary/aromatic N) is 1. The number of carbonyl (C=O) groups excluding carboxylic acids is 1. The standard InChI is InChI=1S/C16H26ClN3O/c1-5-8-20(11-16(21)18-4)15-7-6-13(9-14(15)17)10-19-12(2)3/h6-7,9,12,19H,5,8,10-11H2,1-4H3,(H,18,21). The summed E-state index contributed by atoms with van der Waals surface area (Å²) in [4.78, 5) is 13.6. The molecule has 0 radical (unpaired) electrons. The van der Waals surface area contributed by atoms with Crippen molar-refractivity contribution in [3.8, 4) is 0 Å². The molecular weight excluding hydrogens is 286 g/mol. The predicted molar refractivity (Wildman–Crippen MR) is 90.0 cm³/mol. The Hall–Kier alpha value is -1.26. The number of amides is 1. The van der Waals surface area contributed by atoms with E-state index in [0.717, 1.165) is 30.8 Å². The lowest BCUT2D eigenvalue weighted by Crippen LogP contribution is -2.36. The van der Waals surface area contributed by atoms with Crippen LogP contribution >= 0.6 is 11.6 Å². The molecular formula is C16H26ClN3O. The highest BCUT2D eigenvalue weighted by atomic mass is 35.5. The predicted octanol–water partition coefficient (Wildman–Crippen LogP) is 2.80. The van der Waals surface area contributed by atoms with E-state index in [1.165, 1.54) is 0 Å². The number of likely N-dealkylation sites (N-methyl/N-ethyl adjacent to an activating group) is 1. The van der Waals surface area contributed by atoms with Crippen LogP contribution < -0.4 is 15.5 Å². The molecule has 0 aliphatic rings. The maximum atomic E-state index is 11.6. The first-order chi connectivity index (χ1) is 9.97. The van der Waals surface area contributed by atoms with Gasteiger partial charge in [-0.1, -0.05) is 38.4 Å². The van der Waals surface area contributed by atoms with Gasteiger partial charge in [0.25, 0.3) is 0 Å². The molecule has 0 aliphatic heterocycles. The SMILES string of the molecule is CCCN(CC(=O)NC)c1ccc(CNC(C)C)cc1Cl. The summed E-state index contributed by atoms with van der Waals surface area (Å²) in [5.74, 6) is -0.00920. The van der Waals surface area contributed by atoms with Crippen molar-refractivity contribution in [2.24, 2.45) is 0 Å². The highest BCUT2D eigenvalue weighted by molar-refractivity contribution is 6.33. The van der Waals surface area contributed by atoms with Crippen LogP contribution in [0.1, 0.15) is 32.8 Å². The van der Waals surface area contributed by atoms with E-state index in [-0.39, 0.29) is 5.91 Å². The highest BCUT2D eigenvalue weighted by Gasteiger charge is 2.13. The Balaban J connectivity index is 2.86. The van der Waals surface area contributed by atoms with Crippen molar-refractivity contribution < 1.29 is 4.79 Å². The summed E-state index contributed by atoms with van der Waals surface area (Å²) in [6, 6.07) is 6.47. The minimum atomic E-state index is -0.00920. The molecule has 21 heavy (non-hydrogen) atoms. The van der Waals surface area contributed by atoms with Gasteiger partial charge >= 0.3 is 0 Å². The molecule has 0 saturated carbocycles.